The van der Waals surface area contributed by atoms with Crippen molar-refractivity contribution in [2.45, 2.75) is 71.1 Å². The zero-order valence-corrected chi connectivity index (χ0v) is 21.2. The Bertz CT molecular complexity index is 1150. The Morgan fingerprint density at radius 1 is 1.00 bits per heavy atom. The van der Waals surface area contributed by atoms with Crippen molar-refractivity contribution in [1.29, 1.82) is 0 Å². The molecule has 4 heterocycles. The van der Waals surface area contributed by atoms with Crippen LogP contribution in [-0.4, -0.2) is 66.5 Å². The molecule has 0 radical (unpaired) electrons. The van der Waals surface area contributed by atoms with Crippen LogP contribution in [0.5, 0.6) is 0 Å². The Kier molecular flexibility index (Phi) is 5.91. The Labute approximate surface area is 212 Å². The quantitative estimate of drug-likeness (QED) is 0.610. The van der Waals surface area contributed by atoms with Gasteiger partial charge in [-0.1, -0.05) is 12.5 Å². The van der Waals surface area contributed by atoms with Crippen LogP contribution in [0, 0.1) is 12.3 Å². The molecule has 1 unspecified atom stereocenters. The molecule has 2 saturated heterocycles. The number of piperidine rings is 1. The van der Waals surface area contributed by atoms with Crippen LogP contribution in [0.15, 0.2) is 23.4 Å². The lowest BCUT2D eigenvalue weighted by Crippen LogP contribution is -2.48. The minimum absolute atomic E-state index is 0.165. The molecule has 1 saturated carbocycles. The highest BCUT2D eigenvalue weighted by atomic mass is 16.5. The predicted octanol–water partition coefficient (Wildman–Crippen LogP) is 2.99. The van der Waals surface area contributed by atoms with Gasteiger partial charge in [-0.3, -0.25) is 4.79 Å². The third-order valence-corrected chi connectivity index (χ3v) is 9.30. The van der Waals surface area contributed by atoms with Gasteiger partial charge in [0.25, 0.3) is 0 Å². The van der Waals surface area contributed by atoms with E-state index in [9.17, 15) is 14.4 Å². The molecule has 1 amide bonds. The minimum Gasteiger partial charge on any atom is -0.457 e. The average molecular weight is 494 g/mol. The van der Waals surface area contributed by atoms with E-state index in [1.165, 1.54) is 24.8 Å². The molecule has 0 aromatic heterocycles. The van der Waals surface area contributed by atoms with Crippen molar-refractivity contribution < 1.29 is 23.9 Å². The van der Waals surface area contributed by atoms with E-state index in [1.54, 1.807) is 6.92 Å². The summed E-state index contributed by atoms with van der Waals surface area (Å²) in [5.74, 6) is -0.367. The standard InChI is InChI=1S/C28H35N3O5/c1-17-20(6-7-21-22(17)15-35-26(21)33)23(29-19-4-3-5-19)14-30-11-8-28(9-12-30)10-13-31(27(28)34)24-16-36-25(32)18(24)2/h6-7,19,23,29H,3-5,8-16H2,1-2H3. The SMILES string of the molecule is CC1=C(N2CCC3(CCN(CC(NC4CCC4)c4ccc5c(c4C)COC5=O)CC3)C2=O)COC1=O. The second-order valence-electron chi connectivity index (χ2n) is 11.2. The summed E-state index contributed by atoms with van der Waals surface area (Å²) >= 11 is 0. The van der Waals surface area contributed by atoms with Crippen LogP contribution in [0.1, 0.15) is 78.5 Å². The van der Waals surface area contributed by atoms with Crippen LogP contribution in [0.3, 0.4) is 0 Å². The number of ether oxygens (including phenoxy) is 2. The maximum absolute atomic E-state index is 13.5. The first kappa shape index (κ1) is 23.7. The van der Waals surface area contributed by atoms with E-state index >= 15 is 0 Å². The number of hydrogen-bond acceptors (Lipinski definition) is 7. The Balaban J connectivity index is 1.15. The molecule has 36 heavy (non-hydrogen) atoms. The first-order valence-corrected chi connectivity index (χ1v) is 13.3. The Hall–Kier alpha value is -2.71. The van der Waals surface area contributed by atoms with Gasteiger partial charge in [-0.25, -0.2) is 9.59 Å². The highest BCUT2D eigenvalue weighted by Gasteiger charge is 2.50. The molecule has 1 aromatic rings. The average Bonchev–Trinajstić information content (AvgIpc) is 3.49. The number of hydrogen-bond donors (Lipinski definition) is 1. The van der Waals surface area contributed by atoms with E-state index in [0.29, 0.717) is 30.3 Å². The number of rotatable bonds is 6. The summed E-state index contributed by atoms with van der Waals surface area (Å²) < 4.78 is 10.4. The number of cyclic esters (lactones) is 2. The summed E-state index contributed by atoms with van der Waals surface area (Å²) in [5, 5.41) is 3.89. The number of amides is 1. The smallest absolute Gasteiger partial charge is 0.338 e. The number of benzene rings is 1. The van der Waals surface area contributed by atoms with Crippen LogP contribution in [0.25, 0.3) is 0 Å². The number of nitrogens with zero attached hydrogens (tertiary/aromatic N) is 2. The molecule has 3 fully saturated rings. The highest BCUT2D eigenvalue weighted by Crippen LogP contribution is 2.44. The van der Waals surface area contributed by atoms with Crippen LogP contribution in [0.4, 0.5) is 0 Å². The molecule has 0 bridgehead atoms. The van der Waals surface area contributed by atoms with Crippen molar-refractivity contribution in [2.75, 3.05) is 32.8 Å². The first-order chi connectivity index (χ1) is 17.4. The molecule has 8 heteroatoms. The maximum Gasteiger partial charge on any atom is 0.338 e. The van der Waals surface area contributed by atoms with E-state index < -0.39 is 0 Å². The molecular weight excluding hydrogens is 458 g/mol. The molecule has 5 aliphatic rings. The molecule has 1 aromatic carbocycles. The van der Waals surface area contributed by atoms with Crippen LogP contribution < -0.4 is 5.32 Å². The fourth-order valence-corrected chi connectivity index (χ4v) is 6.56. The monoisotopic (exact) mass is 493 g/mol. The van der Waals surface area contributed by atoms with Crippen molar-refractivity contribution in [3.05, 3.63) is 45.7 Å². The molecule has 192 valence electrons. The summed E-state index contributed by atoms with van der Waals surface area (Å²) in [5.41, 5.74) is 5.11. The Morgan fingerprint density at radius 3 is 2.39 bits per heavy atom. The summed E-state index contributed by atoms with van der Waals surface area (Å²) in [4.78, 5) is 41.7. The summed E-state index contributed by atoms with van der Waals surface area (Å²) in [6, 6.07) is 4.74. The number of esters is 2. The van der Waals surface area contributed by atoms with Gasteiger partial charge >= 0.3 is 11.9 Å². The van der Waals surface area contributed by atoms with Gasteiger partial charge in [-0.2, -0.15) is 0 Å². The number of carbonyl (C=O) groups is 3. The van der Waals surface area contributed by atoms with Gasteiger partial charge in [0, 0.05) is 30.7 Å². The predicted molar refractivity (Wildman–Crippen MR) is 132 cm³/mol. The first-order valence-electron chi connectivity index (χ1n) is 13.3. The van der Waals surface area contributed by atoms with E-state index in [2.05, 4.69) is 23.2 Å². The molecular formula is C28H35N3O5. The van der Waals surface area contributed by atoms with Crippen LogP contribution >= 0.6 is 0 Å². The molecule has 1 spiro atoms. The second-order valence-corrected chi connectivity index (χ2v) is 11.2. The minimum atomic E-state index is -0.326. The van der Waals surface area contributed by atoms with Crippen molar-refractivity contribution >= 4 is 17.8 Å². The summed E-state index contributed by atoms with van der Waals surface area (Å²) in [7, 11) is 0. The van der Waals surface area contributed by atoms with Crippen molar-refractivity contribution in [1.82, 2.24) is 15.1 Å². The third kappa shape index (κ3) is 3.86. The van der Waals surface area contributed by atoms with E-state index in [-0.39, 0.29) is 35.9 Å². The normalized spacial score (nSPS) is 24.8. The third-order valence-electron chi connectivity index (χ3n) is 9.30. The van der Waals surface area contributed by atoms with E-state index in [1.807, 2.05) is 11.0 Å². The van der Waals surface area contributed by atoms with Gasteiger partial charge in [0.15, 0.2) is 0 Å². The molecule has 6 rings (SSSR count). The van der Waals surface area contributed by atoms with E-state index in [4.69, 9.17) is 9.47 Å². The fourth-order valence-electron chi connectivity index (χ4n) is 6.56. The lowest BCUT2D eigenvalue weighted by Gasteiger charge is -2.41. The zero-order chi connectivity index (χ0) is 25.0. The van der Waals surface area contributed by atoms with Crippen molar-refractivity contribution in [3.8, 4) is 0 Å². The van der Waals surface area contributed by atoms with Gasteiger partial charge in [-0.15, -0.1) is 0 Å². The van der Waals surface area contributed by atoms with Gasteiger partial charge in [0.05, 0.1) is 22.2 Å². The topological polar surface area (TPSA) is 88.2 Å². The highest BCUT2D eigenvalue weighted by molar-refractivity contribution is 5.94. The molecule has 1 aliphatic carbocycles. The van der Waals surface area contributed by atoms with Gasteiger partial charge < -0.3 is 24.6 Å². The number of carbonyl (C=O) groups excluding carboxylic acids is 3. The zero-order valence-electron chi connectivity index (χ0n) is 21.2. The molecule has 8 nitrogen and oxygen atoms in total. The summed E-state index contributed by atoms with van der Waals surface area (Å²) in [6.45, 7) is 7.74. The van der Waals surface area contributed by atoms with Gasteiger partial charge in [-0.05, 0) is 76.2 Å². The lowest BCUT2D eigenvalue weighted by atomic mass is 9.77. The summed E-state index contributed by atoms with van der Waals surface area (Å²) in [6.07, 6.45) is 6.20. The molecule has 4 aliphatic heterocycles. The molecule has 1 atom stereocenters. The largest absolute Gasteiger partial charge is 0.457 e. The second kappa shape index (κ2) is 8.99. The van der Waals surface area contributed by atoms with Crippen LogP contribution in [0.2, 0.25) is 0 Å². The lowest BCUT2D eigenvalue weighted by molar-refractivity contribution is -0.138. The van der Waals surface area contributed by atoms with Crippen molar-refractivity contribution in [2.24, 2.45) is 5.41 Å². The number of fused-ring (bicyclic) bond motifs is 1. The number of nitrogens with one attached hydrogen (secondary N) is 1. The fraction of sp³-hybridized carbons (Fsp3) is 0.607. The number of likely N-dealkylation sites (tertiary alicyclic amines) is 2. The van der Waals surface area contributed by atoms with Crippen molar-refractivity contribution in [3.63, 3.8) is 0 Å². The van der Waals surface area contributed by atoms with E-state index in [0.717, 1.165) is 55.7 Å². The van der Waals surface area contributed by atoms with Gasteiger partial charge in [0.1, 0.15) is 13.2 Å². The van der Waals surface area contributed by atoms with Crippen LogP contribution in [-0.2, 0) is 25.7 Å². The molecule has 1 N–H and O–H groups in total. The Morgan fingerprint density at radius 2 is 1.72 bits per heavy atom. The van der Waals surface area contributed by atoms with Gasteiger partial charge in [0.2, 0.25) is 5.91 Å². The maximum atomic E-state index is 13.5.